The van der Waals surface area contributed by atoms with Crippen LogP contribution in [-0.2, 0) is 9.47 Å². The van der Waals surface area contributed by atoms with E-state index in [0.29, 0.717) is 12.1 Å². The summed E-state index contributed by atoms with van der Waals surface area (Å²) in [5.41, 5.74) is 0.712. The molecule has 6 heteroatoms. The van der Waals surface area contributed by atoms with E-state index >= 15 is 0 Å². The Bertz CT molecular complexity index is 618. The zero-order chi connectivity index (χ0) is 21.4. The van der Waals surface area contributed by atoms with Crippen molar-refractivity contribution >= 4 is 11.8 Å². The second kappa shape index (κ2) is 14.8. The second-order valence-corrected chi connectivity index (χ2v) is 7.97. The molecule has 0 radical (unpaired) electrons. The highest BCUT2D eigenvalue weighted by atomic mass is 16.7. The number of hydrogen-bond acceptors (Lipinski definition) is 6. The first kappa shape index (κ1) is 24.2. The molecule has 6 nitrogen and oxygen atoms in total. The van der Waals surface area contributed by atoms with E-state index < -0.39 is 12.4 Å². The molecule has 30 heavy (non-hydrogen) atoms. The number of azo groups is 1. The summed E-state index contributed by atoms with van der Waals surface area (Å²) in [6.45, 7) is 5.15. The average molecular weight is 419 g/mol. The lowest BCUT2D eigenvalue weighted by atomic mass is 10.1. The van der Waals surface area contributed by atoms with E-state index in [1.54, 1.807) is 0 Å². The van der Waals surface area contributed by atoms with Crippen molar-refractivity contribution in [2.75, 3.05) is 6.61 Å². The van der Waals surface area contributed by atoms with Gasteiger partial charge in [0, 0.05) is 6.42 Å². The topological polar surface area (TPSA) is 69.5 Å². The third-order valence-electron chi connectivity index (χ3n) is 5.24. The van der Waals surface area contributed by atoms with Crippen molar-refractivity contribution in [3.05, 3.63) is 24.3 Å². The molecule has 0 aliphatic carbocycles. The maximum atomic E-state index is 11.7. The van der Waals surface area contributed by atoms with E-state index in [-0.39, 0.29) is 6.10 Å². The fraction of sp³-hybridized carbons (Fsp3) is 0.708. The van der Waals surface area contributed by atoms with Crippen LogP contribution in [0.1, 0.15) is 90.9 Å². The number of benzene rings is 1. The van der Waals surface area contributed by atoms with E-state index in [9.17, 15) is 4.79 Å². The summed E-state index contributed by atoms with van der Waals surface area (Å²) in [7, 11) is 0. The van der Waals surface area contributed by atoms with Gasteiger partial charge < -0.3 is 14.2 Å². The molecule has 1 aliphatic heterocycles. The Labute approximate surface area is 181 Å². The first-order valence-corrected chi connectivity index (χ1v) is 11.7. The highest BCUT2D eigenvalue weighted by Gasteiger charge is 2.29. The van der Waals surface area contributed by atoms with Crippen molar-refractivity contribution < 1.29 is 19.0 Å². The highest BCUT2D eigenvalue weighted by Crippen LogP contribution is 2.24. The lowest BCUT2D eigenvalue weighted by Gasteiger charge is -2.26. The Kier molecular flexibility index (Phi) is 11.9. The third-order valence-corrected chi connectivity index (χ3v) is 5.24. The van der Waals surface area contributed by atoms with Crippen LogP contribution in [0, 0.1) is 0 Å². The van der Waals surface area contributed by atoms with Gasteiger partial charge in [-0.15, -0.1) is 5.11 Å². The minimum Gasteiger partial charge on any atom is -0.494 e. The molecule has 2 atom stereocenters. The molecule has 2 rings (SSSR count). The summed E-state index contributed by atoms with van der Waals surface area (Å²) >= 11 is 0. The van der Waals surface area contributed by atoms with Crippen molar-refractivity contribution in [1.82, 2.24) is 0 Å². The van der Waals surface area contributed by atoms with Gasteiger partial charge >= 0.3 is 6.16 Å². The van der Waals surface area contributed by atoms with Gasteiger partial charge in [-0.3, -0.25) is 0 Å². The summed E-state index contributed by atoms with van der Waals surface area (Å²) in [4.78, 5) is 11.7. The number of hydrogen-bond donors (Lipinski definition) is 0. The molecule has 0 bridgehead atoms. The Morgan fingerprint density at radius 2 is 1.57 bits per heavy atom. The van der Waals surface area contributed by atoms with Crippen LogP contribution in [-0.4, -0.2) is 25.1 Å². The Balaban J connectivity index is 1.70. The predicted molar refractivity (Wildman–Crippen MR) is 118 cm³/mol. The van der Waals surface area contributed by atoms with E-state index in [2.05, 4.69) is 24.1 Å². The molecule has 2 unspecified atom stereocenters. The molecule has 1 heterocycles. The summed E-state index contributed by atoms with van der Waals surface area (Å²) in [6, 6.07) is 7.53. The minimum absolute atomic E-state index is 0.134. The van der Waals surface area contributed by atoms with E-state index in [0.717, 1.165) is 38.0 Å². The van der Waals surface area contributed by atoms with Gasteiger partial charge in [-0.1, -0.05) is 65.2 Å². The summed E-state index contributed by atoms with van der Waals surface area (Å²) in [6.07, 6.45) is 12.2. The lowest BCUT2D eigenvalue weighted by Crippen LogP contribution is -2.33. The van der Waals surface area contributed by atoms with Gasteiger partial charge in [0.15, 0.2) is 0 Å². The van der Waals surface area contributed by atoms with Gasteiger partial charge in [0.2, 0.25) is 6.23 Å². The monoisotopic (exact) mass is 418 g/mol. The number of ether oxygens (including phenoxy) is 3. The molecule has 1 aliphatic rings. The maximum absolute atomic E-state index is 11.7. The Morgan fingerprint density at radius 1 is 0.900 bits per heavy atom. The van der Waals surface area contributed by atoms with Crippen LogP contribution in [0.2, 0.25) is 0 Å². The number of nitrogens with zero attached hydrogens (tertiary/aromatic N) is 2. The molecular weight excluding hydrogens is 380 g/mol. The summed E-state index contributed by atoms with van der Waals surface area (Å²) in [5.74, 6) is 0.840. The van der Waals surface area contributed by atoms with Crippen molar-refractivity contribution in [2.24, 2.45) is 10.2 Å². The molecule has 0 aromatic heterocycles. The van der Waals surface area contributed by atoms with Crippen LogP contribution in [0.3, 0.4) is 0 Å². The van der Waals surface area contributed by atoms with Crippen LogP contribution < -0.4 is 4.74 Å². The fourth-order valence-electron chi connectivity index (χ4n) is 3.45. The van der Waals surface area contributed by atoms with Crippen molar-refractivity contribution in [1.29, 1.82) is 0 Å². The van der Waals surface area contributed by atoms with Gasteiger partial charge in [-0.25, -0.2) is 4.79 Å². The van der Waals surface area contributed by atoms with Gasteiger partial charge in [0.05, 0.1) is 12.3 Å². The number of carbonyl (C=O) groups excluding carboxylic acids is 1. The summed E-state index contributed by atoms with van der Waals surface area (Å²) < 4.78 is 16.2. The van der Waals surface area contributed by atoms with E-state index in [1.165, 1.54) is 44.9 Å². The van der Waals surface area contributed by atoms with Gasteiger partial charge in [-0.05, 0) is 43.5 Å². The van der Waals surface area contributed by atoms with Gasteiger partial charge in [-0.2, -0.15) is 5.11 Å². The molecule has 0 spiro atoms. The number of carbonyl (C=O) groups is 1. The van der Waals surface area contributed by atoms with Crippen LogP contribution in [0.15, 0.2) is 34.5 Å². The zero-order valence-corrected chi connectivity index (χ0v) is 18.7. The molecule has 1 aromatic rings. The van der Waals surface area contributed by atoms with Crippen molar-refractivity contribution in [3.8, 4) is 5.75 Å². The van der Waals surface area contributed by atoms with Gasteiger partial charge in [0.1, 0.15) is 11.9 Å². The predicted octanol–water partition coefficient (Wildman–Crippen LogP) is 7.73. The van der Waals surface area contributed by atoms with Crippen LogP contribution in [0.25, 0.3) is 0 Å². The average Bonchev–Trinajstić information content (AvgIpc) is 2.75. The zero-order valence-electron chi connectivity index (χ0n) is 18.7. The molecule has 0 N–H and O–H groups in total. The molecule has 1 saturated heterocycles. The van der Waals surface area contributed by atoms with Crippen LogP contribution in [0.4, 0.5) is 10.5 Å². The summed E-state index contributed by atoms with van der Waals surface area (Å²) in [5, 5.41) is 8.42. The molecule has 1 aromatic carbocycles. The highest BCUT2D eigenvalue weighted by molar-refractivity contribution is 5.61. The SMILES string of the molecule is CCCCCCCCOc1ccc(N=NC2CC(CCCCCC)OC(=O)O2)cc1. The fourth-order valence-corrected chi connectivity index (χ4v) is 3.45. The third kappa shape index (κ3) is 10.1. The first-order chi connectivity index (χ1) is 14.7. The smallest absolute Gasteiger partial charge is 0.494 e. The maximum Gasteiger partial charge on any atom is 0.510 e. The molecule has 0 amide bonds. The number of unbranched alkanes of at least 4 members (excludes halogenated alkanes) is 8. The van der Waals surface area contributed by atoms with Gasteiger partial charge in [0.25, 0.3) is 0 Å². The quantitative estimate of drug-likeness (QED) is 0.166. The normalized spacial score (nSPS) is 18.9. The lowest BCUT2D eigenvalue weighted by molar-refractivity contribution is -0.0613. The standard InChI is InChI=1S/C24H38N2O4/c1-3-5-7-9-10-12-18-28-21-16-14-20(15-17-21)25-26-23-19-22(29-24(27)30-23)13-11-8-6-4-2/h14-17,22-23H,3-13,18-19H2,1-2H3. The largest absolute Gasteiger partial charge is 0.510 e. The molecular formula is C24H38N2O4. The first-order valence-electron chi connectivity index (χ1n) is 11.7. The second-order valence-electron chi connectivity index (χ2n) is 7.97. The Morgan fingerprint density at radius 3 is 2.30 bits per heavy atom. The van der Waals surface area contributed by atoms with E-state index in [4.69, 9.17) is 14.2 Å². The van der Waals surface area contributed by atoms with Crippen molar-refractivity contribution in [3.63, 3.8) is 0 Å². The molecule has 1 fully saturated rings. The minimum atomic E-state index is -0.649. The van der Waals surface area contributed by atoms with Crippen molar-refractivity contribution in [2.45, 2.75) is 103 Å². The van der Waals surface area contributed by atoms with E-state index in [1.807, 2.05) is 24.3 Å². The molecule has 0 saturated carbocycles. The van der Waals surface area contributed by atoms with Crippen LogP contribution >= 0.6 is 0 Å². The number of rotatable bonds is 15. The molecule has 168 valence electrons. The Hall–Kier alpha value is -2.11. The number of cyclic esters (lactones) is 2. The van der Waals surface area contributed by atoms with Crippen LogP contribution in [0.5, 0.6) is 5.75 Å².